The average Bonchev–Trinajstić information content (AvgIpc) is 2.68. The van der Waals surface area contributed by atoms with Crippen LogP contribution in [0.25, 0.3) is 0 Å². The van der Waals surface area contributed by atoms with Crippen molar-refractivity contribution in [3.05, 3.63) is 23.5 Å². The lowest BCUT2D eigenvalue weighted by Crippen LogP contribution is -2.40. The van der Waals surface area contributed by atoms with E-state index in [4.69, 9.17) is 0 Å². The Morgan fingerprint density at radius 1 is 1.41 bits per heavy atom. The van der Waals surface area contributed by atoms with Gasteiger partial charge in [-0.15, -0.1) is 0 Å². The van der Waals surface area contributed by atoms with Gasteiger partial charge in [0.1, 0.15) is 0 Å². The Morgan fingerprint density at radius 2 is 2.06 bits per heavy atom. The molecule has 1 fully saturated rings. The summed E-state index contributed by atoms with van der Waals surface area (Å²) in [5.74, 6) is -0.00500. The average molecular weight is 236 g/mol. The molecule has 17 heavy (non-hydrogen) atoms. The molecule has 4 heteroatoms. The number of carbonyl (C=O) groups excluding carboxylic acids is 1. The Bertz CT molecular complexity index is 430. The molecule has 1 aliphatic rings. The van der Waals surface area contributed by atoms with Crippen LogP contribution in [0, 0.1) is 12.3 Å². The van der Waals surface area contributed by atoms with Gasteiger partial charge in [0.15, 0.2) is 0 Å². The SMILES string of the molecule is Cc1[nH]ccc1C(=O)N1CC(C)(C)[C@](C)(O)C1. The number of aromatic amines is 1. The summed E-state index contributed by atoms with van der Waals surface area (Å²) in [6.45, 7) is 8.64. The Hall–Kier alpha value is -1.29. The summed E-state index contributed by atoms with van der Waals surface area (Å²) in [6.07, 6.45) is 1.77. The van der Waals surface area contributed by atoms with Gasteiger partial charge in [-0.2, -0.15) is 0 Å². The first kappa shape index (κ1) is 12.2. The number of hydrogen-bond acceptors (Lipinski definition) is 2. The summed E-state index contributed by atoms with van der Waals surface area (Å²) in [7, 11) is 0. The number of β-amino-alcohol motifs (C(OH)–C–C–N with tert-alkyl or cyclic N) is 1. The van der Waals surface area contributed by atoms with Crippen molar-refractivity contribution in [3.63, 3.8) is 0 Å². The van der Waals surface area contributed by atoms with Crippen molar-refractivity contribution in [2.45, 2.75) is 33.3 Å². The first-order valence-corrected chi connectivity index (χ1v) is 5.90. The highest BCUT2D eigenvalue weighted by Gasteiger charge is 2.49. The van der Waals surface area contributed by atoms with Gasteiger partial charge in [-0.1, -0.05) is 13.8 Å². The van der Waals surface area contributed by atoms with Crippen LogP contribution < -0.4 is 0 Å². The van der Waals surface area contributed by atoms with Gasteiger partial charge in [-0.25, -0.2) is 0 Å². The number of likely N-dealkylation sites (tertiary alicyclic amines) is 1. The molecular weight excluding hydrogens is 216 g/mol. The lowest BCUT2D eigenvalue weighted by Gasteiger charge is -2.30. The Balaban J connectivity index is 2.23. The first-order chi connectivity index (χ1) is 7.74. The van der Waals surface area contributed by atoms with E-state index in [-0.39, 0.29) is 11.3 Å². The monoisotopic (exact) mass is 236 g/mol. The number of carbonyl (C=O) groups is 1. The molecule has 0 spiro atoms. The molecule has 1 aliphatic heterocycles. The van der Waals surface area contributed by atoms with E-state index in [1.165, 1.54) is 0 Å². The molecule has 0 radical (unpaired) electrons. The van der Waals surface area contributed by atoms with E-state index in [0.29, 0.717) is 18.7 Å². The second-order valence-corrected chi connectivity index (χ2v) is 5.84. The van der Waals surface area contributed by atoms with Gasteiger partial charge in [-0.3, -0.25) is 4.79 Å². The van der Waals surface area contributed by atoms with E-state index < -0.39 is 5.60 Å². The smallest absolute Gasteiger partial charge is 0.255 e. The fourth-order valence-corrected chi connectivity index (χ4v) is 2.29. The van der Waals surface area contributed by atoms with Crippen LogP contribution in [0.4, 0.5) is 0 Å². The zero-order valence-corrected chi connectivity index (χ0v) is 10.9. The number of hydrogen-bond donors (Lipinski definition) is 2. The number of H-pyrrole nitrogens is 1. The quantitative estimate of drug-likeness (QED) is 0.777. The highest BCUT2D eigenvalue weighted by Crippen LogP contribution is 2.38. The van der Waals surface area contributed by atoms with Crippen LogP contribution in [0.2, 0.25) is 0 Å². The van der Waals surface area contributed by atoms with Crippen LogP contribution in [0.3, 0.4) is 0 Å². The van der Waals surface area contributed by atoms with Crippen LogP contribution in [-0.2, 0) is 0 Å². The highest BCUT2D eigenvalue weighted by atomic mass is 16.3. The summed E-state index contributed by atoms with van der Waals surface area (Å²) in [5.41, 5.74) is 0.470. The van der Waals surface area contributed by atoms with Crippen LogP contribution in [0.5, 0.6) is 0 Å². The number of aliphatic hydroxyl groups is 1. The van der Waals surface area contributed by atoms with Crippen molar-refractivity contribution in [2.75, 3.05) is 13.1 Å². The maximum Gasteiger partial charge on any atom is 0.255 e. The van der Waals surface area contributed by atoms with Gasteiger partial charge in [0.25, 0.3) is 5.91 Å². The van der Waals surface area contributed by atoms with Crippen LogP contribution in [0.15, 0.2) is 12.3 Å². The van der Waals surface area contributed by atoms with Gasteiger partial charge in [0, 0.05) is 23.9 Å². The molecule has 0 unspecified atom stereocenters. The van der Waals surface area contributed by atoms with E-state index >= 15 is 0 Å². The van der Waals surface area contributed by atoms with Gasteiger partial charge in [0.05, 0.1) is 17.7 Å². The minimum atomic E-state index is -0.827. The number of aryl methyl sites for hydroxylation is 1. The molecular formula is C13H20N2O2. The fourth-order valence-electron chi connectivity index (χ4n) is 2.29. The van der Waals surface area contributed by atoms with Crippen molar-refractivity contribution >= 4 is 5.91 Å². The topological polar surface area (TPSA) is 56.3 Å². The van der Waals surface area contributed by atoms with E-state index in [1.54, 1.807) is 24.1 Å². The number of nitrogens with one attached hydrogen (secondary N) is 1. The summed E-state index contributed by atoms with van der Waals surface area (Å²) >= 11 is 0. The second-order valence-electron chi connectivity index (χ2n) is 5.84. The van der Waals surface area contributed by atoms with Gasteiger partial charge in [-0.05, 0) is 19.9 Å². The molecule has 0 bridgehead atoms. The predicted octanol–water partition coefficient (Wildman–Crippen LogP) is 1.56. The fraction of sp³-hybridized carbons (Fsp3) is 0.615. The summed E-state index contributed by atoms with van der Waals surface area (Å²) in [5, 5.41) is 10.3. The first-order valence-electron chi connectivity index (χ1n) is 5.90. The minimum absolute atomic E-state index is 0.00500. The summed E-state index contributed by atoms with van der Waals surface area (Å²) in [6, 6.07) is 1.79. The molecule has 2 heterocycles. The highest BCUT2D eigenvalue weighted by molar-refractivity contribution is 5.95. The third kappa shape index (κ3) is 1.86. The molecule has 94 valence electrons. The molecule has 0 saturated carbocycles. The van der Waals surface area contributed by atoms with Gasteiger partial charge in [0.2, 0.25) is 0 Å². The number of nitrogens with zero attached hydrogens (tertiary/aromatic N) is 1. The third-order valence-electron chi connectivity index (χ3n) is 4.01. The van der Waals surface area contributed by atoms with Crippen LogP contribution in [-0.4, -0.2) is 39.6 Å². The van der Waals surface area contributed by atoms with Gasteiger partial charge < -0.3 is 15.0 Å². The third-order valence-corrected chi connectivity index (χ3v) is 4.01. The molecule has 1 aromatic heterocycles. The predicted molar refractivity (Wildman–Crippen MR) is 65.8 cm³/mol. The normalized spacial score (nSPS) is 27.5. The largest absolute Gasteiger partial charge is 0.388 e. The molecule has 1 saturated heterocycles. The summed E-state index contributed by atoms with van der Waals surface area (Å²) < 4.78 is 0. The second kappa shape index (κ2) is 3.60. The Morgan fingerprint density at radius 3 is 2.47 bits per heavy atom. The van der Waals surface area contributed by atoms with Crippen LogP contribution in [0.1, 0.15) is 36.8 Å². The number of amides is 1. The van der Waals surface area contributed by atoms with E-state index in [9.17, 15) is 9.90 Å². The molecule has 1 amide bonds. The standard InChI is InChI=1S/C13H20N2O2/c1-9-10(5-6-14-9)11(16)15-7-12(2,3)13(4,17)8-15/h5-6,14,17H,7-8H2,1-4H3/t13-/m1/s1. The van der Waals surface area contributed by atoms with E-state index in [0.717, 1.165) is 5.69 Å². The number of rotatable bonds is 1. The van der Waals surface area contributed by atoms with E-state index in [1.807, 2.05) is 20.8 Å². The van der Waals surface area contributed by atoms with Crippen molar-refractivity contribution in [1.29, 1.82) is 0 Å². The Kier molecular flexibility index (Phi) is 2.58. The van der Waals surface area contributed by atoms with Crippen molar-refractivity contribution in [2.24, 2.45) is 5.41 Å². The molecule has 0 aliphatic carbocycles. The molecule has 0 aromatic carbocycles. The van der Waals surface area contributed by atoms with Crippen molar-refractivity contribution in [1.82, 2.24) is 9.88 Å². The minimum Gasteiger partial charge on any atom is -0.388 e. The Labute approximate surface area is 102 Å². The molecule has 4 nitrogen and oxygen atoms in total. The lowest BCUT2D eigenvalue weighted by molar-refractivity contribution is -0.0108. The van der Waals surface area contributed by atoms with Crippen molar-refractivity contribution in [3.8, 4) is 0 Å². The maximum atomic E-state index is 12.3. The molecule has 2 rings (SSSR count). The summed E-state index contributed by atoms with van der Waals surface area (Å²) in [4.78, 5) is 17.0. The van der Waals surface area contributed by atoms with Gasteiger partial charge >= 0.3 is 0 Å². The lowest BCUT2D eigenvalue weighted by atomic mass is 9.79. The zero-order valence-electron chi connectivity index (χ0n) is 10.9. The maximum absolute atomic E-state index is 12.3. The molecule has 2 N–H and O–H groups in total. The van der Waals surface area contributed by atoms with Crippen molar-refractivity contribution < 1.29 is 9.90 Å². The molecule has 1 aromatic rings. The molecule has 1 atom stereocenters. The zero-order chi connectivity index (χ0) is 12.8. The number of aromatic nitrogens is 1. The van der Waals surface area contributed by atoms with E-state index in [2.05, 4.69) is 4.98 Å². The van der Waals surface area contributed by atoms with Crippen LogP contribution >= 0.6 is 0 Å².